The Hall–Kier alpha value is -2.26. The first-order valence-electron chi connectivity index (χ1n) is 7.27. The number of benzene rings is 2. The van der Waals surface area contributed by atoms with E-state index < -0.39 is 0 Å². The van der Waals surface area contributed by atoms with Crippen LogP contribution in [0.5, 0.6) is 5.75 Å². The summed E-state index contributed by atoms with van der Waals surface area (Å²) in [5.74, 6) is 0.905. The fraction of sp³-hybridized carbons (Fsp3) is 0.222. The first kappa shape index (κ1) is 12.5. The van der Waals surface area contributed by atoms with E-state index in [1.807, 2.05) is 24.3 Å². The van der Waals surface area contributed by atoms with E-state index in [9.17, 15) is 0 Å². The Bertz CT molecular complexity index is 675. The molecule has 2 aromatic carbocycles. The number of epoxide rings is 1. The van der Waals surface area contributed by atoms with Gasteiger partial charge in [-0.05, 0) is 17.2 Å². The van der Waals surface area contributed by atoms with Crippen molar-refractivity contribution in [2.45, 2.75) is 12.7 Å². The molecular formula is C18H17NO2. The highest BCUT2D eigenvalue weighted by Crippen LogP contribution is 2.41. The van der Waals surface area contributed by atoms with Crippen LogP contribution in [0.2, 0.25) is 0 Å². The summed E-state index contributed by atoms with van der Waals surface area (Å²) in [5.41, 5.74) is 4.71. The number of anilines is 1. The summed E-state index contributed by atoms with van der Waals surface area (Å²) in [6.45, 7) is 2.24. The SMILES string of the molecule is C1=Cc2c(C3CO3)ccc(OCc3ccccc3)c2NC1. The number of nitrogens with one attached hydrogen (secondary N) is 1. The largest absolute Gasteiger partial charge is 0.487 e. The van der Waals surface area contributed by atoms with Gasteiger partial charge in [0.25, 0.3) is 0 Å². The molecule has 1 fully saturated rings. The van der Waals surface area contributed by atoms with Crippen LogP contribution in [0.25, 0.3) is 6.08 Å². The third-order valence-electron chi connectivity index (χ3n) is 3.84. The van der Waals surface area contributed by atoms with Gasteiger partial charge in [0.05, 0.1) is 12.3 Å². The zero-order chi connectivity index (χ0) is 14.1. The number of ether oxygens (including phenoxy) is 2. The Morgan fingerprint density at radius 3 is 2.81 bits per heavy atom. The molecule has 0 amide bonds. The van der Waals surface area contributed by atoms with Crippen LogP contribution >= 0.6 is 0 Å². The molecule has 2 heterocycles. The number of hydrogen-bond donors (Lipinski definition) is 1. The third-order valence-corrected chi connectivity index (χ3v) is 3.84. The molecule has 21 heavy (non-hydrogen) atoms. The highest BCUT2D eigenvalue weighted by Gasteiger charge is 2.29. The highest BCUT2D eigenvalue weighted by molar-refractivity contribution is 5.78. The number of fused-ring (bicyclic) bond motifs is 1. The van der Waals surface area contributed by atoms with Crippen LogP contribution in [0, 0.1) is 0 Å². The van der Waals surface area contributed by atoms with E-state index in [-0.39, 0.29) is 6.10 Å². The maximum atomic E-state index is 6.01. The van der Waals surface area contributed by atoms with Crippen LogP contribution in [0.1, 0.15) is 22.8 Å². The van der Waals surface area contributed by atoms with Gasteiger partial charge in [0.2, 0.25) is 0 Å². The van der Waals surface area contributed by atoms with Gasteiger partial charge in [0.15, 0.2) is 0 Å². The summed E-state index contributed by atoms with van der Waals surface area (Å²) in [6, 6.07) is 14.4. The average molecular weight is 279 g/mol. The Morgan fingerprint density at radius 2 is 2.00 bits per heavy atom. The molecule has 3 nitrogen and oxygen atoms in total. The second-order valence-corrected chi connectivity index (χ2v) is 5.32. The lowest BCUT2D eigenvalue weighted by Crippen LogP contribution is -2.09. The Labute approximate surface area is 124 Å². The number of hydrogen-bond acceptors (Lipinski definition) is 3. The van der Waals surface area contributed by atoms with Crippen molar-refractivity contribution >= 4 is 11.8 Å². The summed E-state index contributed by atoms with van der Waals surface area (Å²) in [5, 5.41) is 3.42. The maximum Gasteiger partial charge on any atom is 0.143 e. The van der Waals surface area contributed by atoms with Crippen LogP contribution in [-0.4, -0.2) is 13.2 Å². The van der Waals surface area contributed by atoms with Crippen molar-refractivity contribution in [3.63, 3.8) is 0 Å². The third kappa shape index (κ3) is 2.52. The summed E-state index contributed by atoms with van der Waals surface area (Å²) >= 11 is 0. The molecule has 4 rings (SSSR count). The lowest BCUT2D eigenvalue weighted by atomic mass is 9.99. The van der Waals surface area contributed by atoms with Gasteiger partial charge in [-0.2, -0.15) is 0 Å². The fourth-order valence-corrected chi connectivity index (χ4v) is 2.68. The molecule has 1 atom stereocenters. The van der Waals surface area contributed by atoms with E-state index in [4.69, 9.17) is 9.47 Å². The molecule has 0 aromatic heterocycles. The van der Waals surface area contributed by atoms with Crippen LogP contribution < -0.4 is 10.1 Å². The molecule has 2 aliphatic rings. The van der Waals surface area contributed by atoms with Gasteiger partial charge < -0.3 is 14.8 Å². The molecule has 1 saturated heterocycles. The molecule has 0 bridgehead atoms. The van der Waals surface area contributed by atoms with Crippen molar-refractivity contribution in [3.8, 4) is 5.75 Å². The lowest BCUT2D eigenvalue weighted by molar-refractivity contribution is 0.307. The lowest BCUT2D eigenvalue weighted by Gasteiger charge is -2.20. The first-order valence-corrected chi connectivity index (χ1v) is 7.27. The second kappa shape index (κ2) is 5.26. The minimum absolute atomic E-state index is 0.256. The summed E-state index contributed by atoms with van der Waals surface area (Å²) in [7, 11) is 0. The van der Waals surface area contributed by atoms with E-state index >= 15 is 0 Å². The van der Waals surface area contributed by atoms with Crippen molar-refractivity contribution in [1.29, 1.82) is 0 Å². The molecule has 1 N–H and O–H groups in total. The van der Waals surface area contributed by atoms with Gasteiger partial charge in [-0.15, -0.1) is 0 Å². The predicted molar refractivity (Wildman–Crippen MR) is 83.4 cm³/mol. The summed E-state index contributed by atoms with van der Waals surface area (Å²) in [4.78, 5) is 0. The second-order valence-electron chi connectivity index (χ2n) is 5.32. The van der Waals surface area contributed by atoms with Gasteiger partial charge in [-0.1, -0.05) is 48.6 Å². The van der Waals surface area contributed by atoms with E-state index in [2.05, 4.69) is 35.7 Å². The first-order chi connectivity index (χ1) is 10.4. The average Bonchev–Trinajstić information content (AvgIpc) is 3.38. The molecule has 0 aliphatic carbocycles. The molecule has 0 spiro atoms. The van der Waals surface area contributed by atoms with Crippen molar-refractivity contribution in [2.75, 3.05) is 18.5 Å². The summed E-state index contributed by atoms with van der Waals surface area (Å²) in [6.07, 6.45) is 4.56. The molecule has 0 radical (unpaired) electrons. The predicted octanol–water partition coefficient (Wildman–Crippen LogP) is 3.78. The minimum atomic E-state index is 0.256. The Kier molecular flexibility index (Phi) is 3.13. The fourth-order valence-electron chi connectivity index (χ4n) is 2.68. The quantitative estimate of drug-likeness (QED) is 0.865. The van der Waals surface area contributed by atoms with E-state index in [1.54, 1.807) is 0 Å². The maximum absolute atomic E-state index is 6.01. The molecule has 2 aliphatic heterocycles. The van der Waals surface area contributed by atoms with Crippen molar-refractivity contribution < 1.29 is 9.47 Å². The van der Waals surface area contributed by atoms with Crippen LogP contribution in [0.4, 0.5) is 5.69 Å². The van der Waals surface area contributed by atoms with E-state index in [0.717, 1.165) is 24.6 Å². The molecular weight excluding hydrogens is 262 g/mol. The Balaban J connectivity index is 1.62. The van der Waals surface area contributed by atoms with Crippen LogP contribution in [0.15, 0.2) is 48.5 Å². The van der Waals surface area contributed by atoms with E-state index in [0.29, 0.717) is 6.61 Å². The smallest absolute Gasteiger partial charge is 0.143 e. The minimum Gasteiger partial charge on any atom is -0.487 e. The van der Waals surface area contributed by atoms with E-state index in [1.165, 1.54) is 16.7 Å². The van der Waals surface area contributed by atoms with Crippen molar-refractivity contribution in [3.05, 3.63) is 65.2 Å². The number of rotatable bonds is 4. The topological polar surface area (TPSA) is 33.8 Å². The molecule has 3 heteroatoms. The van der Waals surface area contributed by atoms with Crippen LogP contribution in [-0.2, 0) is 11.3 Å². The molecule has 0 saturated carbocycles. The van der Waals surface area contributed by atoms with Gasteiger partial charge in [0.1, 0.15) is 18.5 Å². The standard InChI is InChI=1S/C18H17NO2/c1-2-5-13(6-3-1)11-20-16-9-8-14(17-12-21-17)15-7-4-10-19-18(15)16/h1-9,17,19H,10-12H2. The van der Waals surface area contributed by atoms with Crippen molar-refractivity contribution in [2.24, 2.45) is 0 Å². The van der Waals surface area contributed by atoms with Gasteiger partial charge in [0, 0.05) is 12.1 Å². The van der Waals surface area contributed by atoms with Crippen LogP contribution in [0.3, 0.4) is 0 Å². The van der Waals surface area contributed by atoms with Gasteiger partial charge in [-0.25, -0.2) is 0 Å². The molecule has 2 aromatic rings. The zero-order valence-corrected chi connectivity index (χ0v) is 11.7. The van der Waals surface area contributed by atoms with Crippen molar-refractivity contribution in [1.82, 2.24) is 0 Å². The zero-order valence-electron chi connectivity index (χ0n) is 11.7. The normalized spacial score (nSPS) is 18.8. The highest BCUT2D eigenvalue weighted by atomic mass is 16.6. The molecule has 106 valence electrons. The summed E-state index contributed by atoms with van der Waals surface area (Å²) < 4.78 is 11.4. The Morgan fingerprint density at radius 1 is 1.14 bits per heavy atom. The van der Waals surface area contributed by atoms with Gasteiger partial charge in [-0.3, -0.25) is 0 Å². The monoisotopic (exact) mass is 279 g/mol. The molecule has 1 unspecified atom stereocenters. The van der Waals surface area contributed by atoms with Gasteiger partial charge >= 0.3 is 0 Å².